The van der Waals surface area contributed by atoms with E-state index in [2.05, 4.69) is 5.32 Å². The van der Waals surface area contributed by atoms with Crippen molar-refractivity contribution in [2.75, 3.05) is 11.9 Å². The average Bonchev–Trinajstić information content (AvgIpc) is 2.79. The highest BCUT2D eigenvalue weighted by molar-refractivity contribution is 6.20. The van der Waals surface area contributed by atoms with Gasteiger partial charge in [-0.15, -0.1) is 0 Å². The number of nitrogens with zero attached hydrogens (tertiary/aromatic N) is 2. The fourth-order valence-corrected chi connectivity index (χ4v) is 3.28. The molecule has 0 fully saturated rings. The molecule has 0 aliphatic carbocycles. The summed E-state index contributed by atoms with van der Waals surface area (Å²) in [6, 6.07) is 17.4. The number of nitrogens with one attached hydrogen (secondary N) is 1. The molecule has 1 heterocycles. The van der Waals surface area contributed by atoms with Gasteiger partial charge in [-0.25, -0.2) is 4.99 Å². The molecule has 27 heavy (non-hydrogen) atoms. The standard InChI is InChI=1S/C22H25N3O2/c1-4-10-15(2)21(26)24-20-22(27)25(3)18-14-9-8-13-17(18)19(23-20)16-11-6-5-7-12-16/h5-9,11-15,20H,4,10H2,1-3H3,(H,24,26). The molecule has 5 nitrogen and oxygen atoms in total. The maximum atomic E-state index is 13.0. The Balaban J connectivity index is 2.05. The number of anilines is 1. The molecule has 2 aromatic carbocycles. The van der Waals surface area contributed by atoms with Gasteiger partial charge in [0, 0.05) is 24.1 Å². The van der Waals surface area contributed by atoms with E-state index in [-0.39, 0.29) is 17.7 Å². The van der Waals surface area contributed by atoms with Crippen molar-refractivity contribution >= 4 is 23.2 Å². The third-order valence-electron chi connectivity index (χ3n) is 4.84. The Hall–Kier alpha value is -2.95. The van der Waals surface area contributed by atoms with E-state index in [0.29, 0.717) is 5.71 Å². The average molecular weight is 363 g/mol. The number of hydrogen-bond donors (Lipinski definition) is 1. The minimum Gasteiger partial charge on any atom is -0.326 e. The van der Waals surface area contributed by atoms with Gasteiger partial charge < -0.3 is 10.2 Å². The molecule has 2 amide bonds. The lowest BCUT2D eigenvalue weighted by Crippen LogP contribution is -2.47. The summed E-state index contributed by atoms with van der Waals surface area (Å²) < 4.78 is 0. The smallest absolute Gasteiger partial charge is 0.272 e. The maximum absolute atomic E-state index is 13.0. The van der Waals surface area contributed by atoms with Crippen molar-refractivity contribution in [1.29, 1.82) is 0 Å². The number of benzene rings is 2. The SMILES string of the molecule is CCCC(C)C(=O)NC1N=C(c2ccccc2)c2ccccc2N(C)C1=O. The van der Waals surface area contributed by atoms with Crippen molar-refractivity contribution < 1.29 is 9.59 Å². The number of para-hydroxylation sites is 1. The second-order valence-electron chi connectivity index (χ2n) is 6.86. The minimum absolute atomic E-state index is 0.147. The largest absolute Gasteiger partial charge is 0.326 e. The van der Waals surface area contributed by atoms with Gasteiger partial charge in [0.25, 0.3) is 5.91 Å². The molecule has 1 aliphatic rings. The lowest BCUT2D eigenvalue weighted by Gasteiger charge is -2.21. The van der Waals surface area contributed by atoms with Crippen LogP contribution in [0.3, 0.4) is 0 Å². The van der Waals surface area contributed by atoms with Gasteiger partial charge >= 0.3 is 0 Å². The van der Waals surface area contributed by atoms with Gasteiger partial charge in [0.2, 0.25) is 12.1 Å². The molecule has 0 spiro atoms. The molecule has 140 valence electrons. The van der Waals surface area contributed by atoms with Crippen LogP contribution in [0.2, 0.25) is 0 Å². The molecule has 0 saturated carbocycles. The van der Waals surface area contributed by atoms with Crippen LogP contribution in [-0.4, -0.2) is 30.7 Å². The Morgan fingerprint density at radius 1 is 1.15 bits per heavy atom. The maximum Gasteiger partial charge on any atom is 0.272 e. The highest BCUT2D eigenvalue weighted by Crippen LogP contribution is 2.27. The van der Waals surface area contributed by atoms with Crippen molar-refractivity contribution in [1.82, 2.24) is 5.32 Å². The number of rotatable bonds is 5. The molecule has 5 heteroatoms. The van der Waals surface area contributed by atoms with Crippen LogP contribution in [-0.2, 0) is 9.59 Å². The highest BCUT2D eigenvalue weighted by Gasteiger charge is 2.31. The van der Waals surface area contributed by atoms with Crippen LogP contribution < -0.4 is 10.2 Å². The Morgan fingerprint density at radius 2 is 1.81 bits per heavy atom. The lowest BCUT2D eigenvalue weighted by molar-refractivity contribution is -0.129. The number of carbonyl (C=O) groups is 2. The van der Waals surface area contributed by atoms with E-state index < -0.39 is 6.17 Å². The van der Waals surface area contributed by atoms with Gasteiger partial charge in [0.1, 0.15) is 0 Å². The fourth-order valence-electron chi connectivity index (χ4n) is 3.28. The number of fused-ring (bicyclic) bond motifs is 1. The molecule has 0 bridgehead atoms. The predicted molar refractivity (Wildman–Crippen MR) is 108 cm³/mol. The van der Waals surface area contributed by atoms with Crippen LogP contribution in [0, 0.1) is 5.92 Å². The molecule has 1 aliphatic heterocycles. The molecule has 0 aromatic heterocycles. The number of likely N-dealkylation sites (N-methyl/N-ethyl adjacent to an activating group) is 1. The monoisotopic (exact) mass is 363 g/mol. The molecule has 1 N–H and O–H groups in total. The van der Waals surface area contributed by atoms with Crippen LogP contribution in [0.1, 0.15) is 37.8 Å². The zero-order valence-electron chi connectivity index (χ0n) is 16.0. The van der Waals surface area contributed by atoms with E-state index >= 15 is 0 Å². The number of hydrogen-bond acceptors (Lipinski definition) is 3. The van der Waals surface area contributed by atoms with E-state index in [1.165, 1.54) is 0 Å². The summed E-state index contributed by atoms with van der Waals surface area (Å²) in [6.07, 6.45) is 0.749. The first-order valence-corrected chi connectivity index (χ1v) is 9.33. The summed E-state index contributed by atoms with van der Waals surface area (Å²) in [5.41, 5.74) is 3.27. The molecule has 0 radical (unpaired) electrons. The summed E-state index contributed by atoms with van der Waals surface area (Å²) in [4.78, 5) is 31.8. The molecule has 0 saturated heterocycles. The molecule has 3 rings (SSSR count). The second kappa shape index (κ2) is 8.16. The van der Waals surface area contributed by atoms with Crippen LogP contribution in [0.4, 0.5) is 5.69 Å². The molecular weight excluding hydrogens is 338 g/mol. The van der Waals surface area contributed by atoms with Crippen molar-refractivity contribution in [2.24, 2.45) is 10.9 Å². The normalized spacial score (nSPS) is 17.6. The highest BCUT2D eigenvalue weighted by atomic mass is 16.2. The Morgan fingerprint density at radius 3 is 2.52 bits per heavy atom. The van der Waals surface area contributed by atoms with Crippen LogP contribution in [0.25, 0.3) is 0 Å². The molecular formula is C22H25N3O2. The van der Waals surface area contributed by atoms with Gasteiger partial charge in [-0.05, 0) is 12.5 Å². The summed E-state index contributed by atoms with van der Waals surface area (Å²) in [5, 5.41) is 2.84. The van der Waals surface area contributed by atoms with E-state index in [0.717, 1.165) is 29.7 Å². The van der Waals surface area contributed by atoms with Crippen LogP contribution in [0.15, 0.2) is 59.6 Å². The van der Waals surface area contributed by atoms with Gasteiger partial charge in [-0.1, -0.05) is 68.8 Å². The summed E-state index contributed by atoms with van der Waals surface area (Å²) >= 11 is 0. The lowest BCUT2D eigenvalue weighted by atomic mass is 10.0. The first kappa shape index (κ1) is 18.8. The number of benzodiazepines with no additional fused rings is 1. The third kappa shape index (κ3) is 3.92. The molecule has 2 atom stereocenters. The van der Waals surface area contributed by atoms with E-state index in [9.17, 15) is 9.59 Å². The van der Waals surface area contributed by atoms with Crippen LogP contribution in [0.5, 0.6) is 0 Å². The Kier molecular flexibility index (Phi) is 5.69. The van der Waals surface area contributed by atoms with Gasteiger partial charge in [-0.3, -0.25) is 9.59 Å². The summed E-state index contributed by atoms with van der Waals surface area (Å²) in [6.45, 7) is 3.91. The third-order valence-corrected chi connectivity index (χ3v) is 4.84. The Labute approximate surface area is 160 Å². The van der Waals surface area contributed by atoms with E-state index in [1.54, 1.807) is 11.9 Å². The first-order chi connectivity index (χ1) is 13.0. The van der Waals surface area contributed by atoms with Crippen molar-refractivity contribution in [3.05, 3.63) is 65.7 Å². The van der Waals surface area contributed by atoms with Crippen molar-refractivity contribution in [2.45, 2.75) is 32.9 Å². The quantitative estimate of drug-likeness (QED) is 0.885. The summed E-state index contributed by atoms with van der Waals surface area (Å²) in [5.74, 6) is -0.551. The Bertz CT molecular complexity index is 861. The van der Waals surface area contributed by atoms with E-state index in [1.807, 2.05) is 68.4 Å². The second-order valence-corrected chi connectivity index (χ2v) is 6.86. The number of aliphatic imine (C=N–C) groups is 1. The van der Waals surface area contributed by atoms with Crippen molar-refractivity contribution in [3.8, 4) is 0 Å². The number of amides is 2. The zero-order valence-corrected chi connectivity index (χ0v) is 16.0. The fraction of sp³-hybridized carbons (Fsp3) is 0.318. The predicted octanol–water partition coefficient (Wildman–Crippen LogP) is 3.38. The summed E-state index contributed by atoms with van der Waals surface area (Å²) in [7, 11) is 1.72. The van der Waals surface area contributed by atoms with Gasteiger partial charge in [-0.2, -0.15) is 0 Å². The minimum atomic E-state index is -0.940. The zero-order chi connectivity index (χ0) is 19.4. The van der Waals surface area contributed by atoms with E-state index in [4.69, 9.17) is 4.99 Å². The molecule has 2 unspecified atom stereocenters. The molecule has 2 aromatic rings. The van der Waals surface area contributed by atoms with Gasteiger partial charge in [0.05, 0.1) is 11.4 Å². The number of carbonyl (C=O) groups excluding carboxylic acids is 2. The van der Waals surface area contributed by atoms with Crippen LogP contribution >= 0.6 is 0 Å². The van der Waals surface area contributed by atoms with Crippen molar-refractivity contribution in [3.63, 3.8) is 0 Å². The van der Waals surface area contributed by atoms with Gasteiger partial charge in [0.15, 0.2) is 0 Å². The topological polar surface area (TPSA) is 61.8 Å². The first-order valence-electron chi connectivity index (χ1n) is 9.33.